The van der Waals surface area contributed by atoms with Gasteiger partial charge in [-0.05, 0) is 18.1 Å². The van der Waals surface area contributed by atoms with E-state index in [1.807, 2.05) is 43.3 Å². The summed E-state index contributed by atoms with van der Waals surface area (Å²) >= 11 is 0. The van der Waals surface area contributed by atoms with Crippen LogP contribution in [-0.4, -0.2) is 18.2 Å². The smallest absolute Gasteiger partial charge is 0.0992 e. The quantitative estimate of drug-likeness (QED) is 0.851. The zero-order valence-electron chi connectivity index (χ0n) is 13.1. The topological polar surface area (TPSA) is 32.3 Å². The standard InChI is InChI=1S/C19H25NO/c1-18(2,16-10-6-4-7-11-16)14-20-15-19(3,21)17-12-8-5-9-13-17/h4-13,20-21H,14-15H2,1-3H3. The highest BCUT2D eigenvalue weighted by Crippen LogP contribution is 2.23. The molecule has 0 fully saturated rings. The lowest BCUT2D eigenvalue weighted by atomic mass is 9.84. The summed E-state index contributed by atoms with van der Waals surface area (Å²) < 4.78 is 0. The van der Waals surface area contributed by atoms with Gasteiger partial charge in [0.15, 0.2) is 0 Å². The van der Waals surface area contributed by atoms with E-state index in [-0.39, 0.29) is 5.41 Å². The summed E-state index contributed by atoms with van der Waals surface area (Å²) in [5, 5.41) is 14.0. The van der Waals surface area contributed by atoms with Gasteiger partial charge in [0.1, 0.15) is 0 Å². The highest BCUT2D eigenvalue weighted by Gasteiger charge is 2.25. The number of nitrogens with one attached hydrogen (secondary N) is 1. The second kappa shape index (κ2) is 6.42. The van der Waals surface area contributed by atoms with Gasteiger partial charge >= 0.3 is 0 Å². The number of rotatable bonds is 6. The van der Waals surface area contributed by atoms with E-state index in [4.69, 9.17) is 0 Å². The average Bonchev–Trinajstić information content (AvgIpc) is 2.49. The van der Waals surface area contributed by atoms with Crippen LogP contribution in [0.1, 0.15) is 31.9 Å². The Kier molecular flexibility index (Phi) is 4.81. The first-order chi connectivity index (χ1) is 9.92. The minimum absolute atomic E-state index is 0.0357. The molecule has 0 aliphatic heterocycles. The molecule has 0 saturated carbocycles. The highest BCUT2D eigenvalue weighted by atomic mass is 16.3. The Morgan fingerprint density at radius 1 is 0.762 bits per heavy atom. The van der Waals surface area contributed by atoms with Crippen LogP contribution in [0.4, 0.5) is 0 Å². The fraction of sp³-hybridized carbons (Fsp3) is 0.368. The van der Waals surface area contributed by atoms with Gasteiger partial charge in [0.2, 0.25) is 0 Å². The molecule has 0 aliphatic rings. The van der Waals surface area contributed by atoms with Gasteiger partial charge < -0.3 is 10.4 Å². The van der Waals surface area contributed by atoms with Gasteiger partial charge in [-0.1, -0.05) is 74.5 Å². The SMILES string of the molecule is CC(C)(CNCC(C)(O)c1ccccc1)c1ccccc1. The van der Waals surface area contributed by atoms with Crippen LogP contribution in [0.5, 0.6) is 0 Å². The predicted octanol–water partition coefficient (Wildman–Crippen LogP) is 3.46. The summed E-state index contributed by atoms with van der Waals surface area (Å²) in [6.45, 7) is 7.64. The lowest BCUT2D eigenvalue weighted by Crippen LogP contribution is -2.41. The molecule has 0 amide bonds. The Bertz CT molecular complexity index is 495. The fourth-order valence-electron chi connectivity index (χ4n) is 2.51. The summed E-state index contributed by atoms with van der Waals surface area (Å²) in [4.78, 5) is 0. The monoisotopic (exact) mass is 283 g/mol. The van der Waals surface area contributed by atoms with Crippen molar-refractivity contribution in [2.45, 2.75) is 31.8 Å². The molecule has 0 bridgehead atoms. The Labute approximate surface area is 127 Å². The minimum atomic E-state index is -0.853. The molecule has 2 N–H and O–H groups in total. The molecule has 1 atom stereocenters. The predicted molar refractivity (Wildman–Crippen MR) is 88.4 cm³/mol. The summed E-state index contributed by atoms with van der Waals surface area (Å²) in [5.41, 5.74) is 1.43. The van der Waals surface area contributed by atoms with E-state index in [0.717, 1.165) is 12.1 Å². The first-order valence-corrected chi connectivity index (χ1v) is 7.46. The van der Waals surface area contributed by atoms with E-state index < -0.39 is 5.60 Å². The fourth-order valence-corrected chi connectivity index (χ4v) is 2.51. The Morgan fingerprint density at radius 3 is 1.76 bits per heavy atom. The molecule has 2 aromatic rings. The minimum Gasteiger partial charge on any atom is -0.384 e. The number of hydrogen-bond donors (Lipinski definition) is 2. The van der Waals surface area contributed by atoms with Crippen molar-refractivity contribution in [2.24, 2.45) is 0 Å². The summed E-state index contributed by atoms with van der Waals surface area (Å²) in [7, 11) is 0. The van der Waals surface area contributed by atoms with Crippen molar-refractivity contribution >= 4 is 0 Å². The molecule has 0 radical (unpaired) electrons. The van der Waals surface area contributed by atoms with Crippen molar-refractivity contribution in [2.75, 3.05) is 13.1 Å². The molecule has 2 rings (SSSR count). The van der Waals surface area contributed by atoms with Gasteiger partial charge in [-0.15, -0.1) is 0 Å². The first kappa shape index (κ1) is 15.7. The van der Waals surface area contributed by atoms with Gasteiger partial charge in [0.05, 0.1) is 5.60 Å². The third kappa shape index (κ3) is 4.16. The third-order valence-electron chi connectivity index (χ3n) is 3.99. The normalized spacial score (nSPS) is 14.7. The van der Waals surface area contributed by atoms with Crippen LogP contribution in [0.3, 0.4) is 0 Å². The van der Waals surface area contributed by atoms with E-state index in [2.05, 4.69) is 43.4 Å². The third-order valence-corrected chi connectivity index (χ3v) is 3.99. The largest absolute Gasteiger partial charge is 0.384 e. The molecule has 2 nitrogen and oxygen atoms in total. The molecule has 1 unspecified atom stereocenters. The van der Waals surface area contributed by atoms with Gasteiger partial charge in [-0.3, -0.25) is 0 Å². The van der Waals surface area contributed by atoms with Gasteiger partial charge in [-0.2, -0.15) is 0 Å². The first-order valence-electron chi connectivity index (χ1n) is 7.46. The van der Waals surface area contributed by atoms with Crippen LogP contribution in [-0.2, 0) is 11.0 Å². The lowest BCUT2D eigenvalue weighted by molar-refractivity contribution is 0.0559. The zero-order valence-corrected chi connectivity index (χ0v) is 13.1. The Hall–Kier alpha value is -1.64. The number of aliphatic hydroxyl groups is 1. The van der Waals surface area contributed by atoms with E-state index in [1.54, 1.807) is 0 Å². The number of benzene rings is 2. The van der Waals surface area contributed by atoms with Crippen molar-refractivity contribution in [3.05, 3.63) is 71.8 Å². The second-order valence-electron chi connectivity index (χ2n) is 6.49. The van der Waals surface area contributed by atoms with Crippen LogP contribution in [0.15, 0.2) is 60.7 Å². The maximum absolute atomic E-state index is 10.6. The van der Waals surface area contributed by atoms with Crippen LogP contribution in [0.25, 0.3) is 0 Å². The van der Waals surface area contributed by atoms with E-state index in [0.29, 0.717) is 6.54 Å². The summed E-state index contributed by atoms with van der Waals surface area (Å²) in [6.07, 6.45) is 0. The van der Waals surface area contributed by atoms with Gasteiger partial charge in [-0.25, -0.2) is 0 Å². The van der Waals surface area contributed by atoms with Crippen LogP contribution in [0, 0.1) is 0 Å². The molecule has 0 saturated heterocycles. The van der Waals surface area contributed by atoms with Crippen molar-refractivity contribution < 1.29 is 5.11 Å². The second-order valence-corrected chi connectivity index (χ2v) is 6.49. The van der Waals surface area contributed by atoms with Crippen LogP contribution >= 0.6 is 0 Å². The van der Waals surface area contributed by atoms with Crippen molar-refractivity contribution in [3.63, 3.8) is 0 Å². The van der Waals surface area contributed by atoms with Crippen molar-refractivity contribution in [3.8, 4) is 0 Å². The molecule has 2 aromatic carbocycles. The van der Waals surface area contributed by atoms with E-state index >= 15 is 0 Å². The number of hydrogen-bond acceptors (Lipinski definition) is 2. The van der Waals surface area contributed by atoms with Crippen molar-refractivity contribution in [1.82, 2.24) is 5.32 Å². The molecular weight excluding hydrogens is 258 g/mol. The average molecular weight is 283 g/mol. The molecule has 0 aromatic heterocycles. The molecule has 2 heteroatoms. The Morgan fingerprint density at radius 2 is 1.24 bits per heavy atom. The maximum atomic E-state index is 10.6. The van der Waals surface area contributed by atoms with Crippen molar-refractivity contribution in [1.29, 1.82) is 0 Å². The molecule has 0 aliphatic carbocycles. The molecule has 0 spiro atoms. The zero-order chi connectivity index (χ0) is 15.3. The Balaban J connectivity index is 1.95. The van der Waals surface area contributed by atoms with Crippen LogP contribution in [0.2, 0.25) is 0 Å². The molecule has 0 heterocycles. The van der Waals surface area contributed by atoms with Crippen LogP contribution < -0.4 is 5.32 Å². The molecule has 21 heavy (non-hydrogen) atoms. The highest BCUT2D eigenvalue weighted by molar-refractivity contribution is 5.24. The van der Waals surface area contributed by atoms with Gasteiger partial charge in [0, 0.05) is 18.5 Å². The lowest BCUT2D eigenvalue weighted by Gasteiger charge is -2.29. The van der Waals surface area contributed by atoms with E-state index in [9.17, 15) is 5.11 Å². The molecular formula is C19H25NO. The van der Waals surface area contributed by atoms with Gasteiger partial charge in [0.25, 0.3) is 0 Å². The van der Waals surface area contributed by atoms with E-state index in [1.165, 1.54) is 5.56 Å². The molecule has 112 valence electrons. The maximum Gasteiger partial charge on any atom is 0.0992 e. The summed E-state index contributed by atoms with van der Waals surface area (Å²) in [6, 6.07) is 20.3. The summed E-state index contributed by atoms with van der Waals surface area (Å²) in [5.74, 6) is 0.